The molecule has 0 amide bonds. The summed E-state index contributed by atoms with van der Waals surface area (Å²) in [4.78, 5) is 11.1. The molecule has 0 aromatic rings. The average Bonchev–Trinajstić information content (AvgIpc) is 2.29. The van der Waals surface area contributed by atoms with Crippen molar-refractivity contribution in [2.45, 2.75) is 52.1 Å². The maximum atomic E-state index is 11.1. The first-order valence-electron chi connectivity index (χ1n) is 6.36. The standard InChI is InChI=1S/C13H26O4/c1-5-7-8-11(6-2)9-17-13(3,10-16-4)12(14)15/h11H,5-10H2,1-4H3,(H,14,15). The third-order valence-corrected chi connectivity index (χ3v) is 3.05. The molecule has 0 spiro atoms. The van der Waals surface area contributed by atoms with Crippen molar-refractivity contribution in [3.8, 4) is 0 Å². The van der Waals surface area contributed by atoms with E-state index in [0.29, 0.717) is 12.5 Å². The largest absolute Gasteiger partial charge is 0.479 e. The number of hydrogen-bond acceptors (Lipinski definition) is 3. The number of aliphatic carboxylic acids is 1. The van der Waals surface area contributed by atoms with Gasteiger partial charge in [0.1, 0.15) is 0 Å². The molecule has 17 heavy (non-hydrogen) atoms. The van der Waals surface area contributed by atoms with Gasteiger partial charge in [-0.05, 0) is 19.3 Å². The van der Waals surface area contributed by atoms with Crippen LogP contribution in [0.1, 0.15) is 46.5 Å². The summed E-state index contributed by atoms with van der Waals surface area (Å²) < 4.78 is 10.5. The van der Waals surface area contributed by atoms with E-state index in [-0.39, 0.29) is 6.61 Å². The van der Waals surface area contributed by atoms with Crippen LogP contribution in [0.4, 0.5) is 0 Å². The Morgan fingerprint density at radius 2 is 2.06 bits per heavy atom. The zero-order valence-electron chi connectivity index (χ0n) is 11.5. The van der Waals surface area contributed by atoms with Gasteiger partial charge in [0.2, 0.25) is 0 Å². The summed E-state index contributed by atoms with van der Waals surface area (Å²) in [5.74, 6) is -0.532. The van der Waals surface area contributed by atoms with E-state index in [1.165, 1.54) is 7.11 Å². The highest BCUT2D eigenvalue weighted by atomic mass is 16.6. The summed E-state index contributed by atoms with van der Waals surface area (Å²) >= 11 is 0. The molecule has 0 aromatic heterocycles. The first kappa shape index (κ1) is 16.4. The monoisotopic (exact) mass is 246 g/mol. The minimum atomic E-state index is -1.23. The molecule has 2 unspecified atom stereocenters. The third kappa shape index (κ3) is 6.03. The Labute approximate surface area is 104 Å². The second-order valence-corrected chi connectivity index (χ2v) is 4.70. The molecule has 4 heteroatoms. The fourth-order valence-corrected chi connectivity index (χ4v) is 1.64. The smallest absolute Gasteiger partial charge is 0.338 e. The van der Waals surface area contributed by atoms with Gasteiger partial charge in [0.15, 0.2) is 5.60 Å². The van der Waals surface area contributed by atoms with Crippen molar-refractivity contribution < 1.29 is 19.4 Å². The minimum absolute atomic E-state index is 0.0759. The fourth-order valence-electron chi connectivity index (χ4n) is 1.64. The molecule has 4 nitrogen and oxygen atoms in total. The van der Waals surface area contributed by atoms with Gasteiger partial charge in [-0.15, -0.1) is 0 Å². The molecule has 0 aromatic carbocycles. The predicted octanol–water partition coefficient (Wildman–Crippen LogP) is 2.71. The Morgan fingerprint density at radius 3 is 2.47 bits per heavy atom. The SMILES string of the molecule is CCCCC(CC)COC(C)(COC)C(=O)O. The average molecular weight is 246 g/mol. The van der Waals surface area contributed by atoms with Gasteiger partial charge in [0.25, 0.3) is 0 Å². The van der Waals surface area contributed by atoms with E-state index in [0.717, 1.165) is 25.7 Å². The van der Waals surface area contributed by atoms with Gasteiger partial charge in [-0.2, -0.15) is 0 Å². The molecule has 0 radical (unpaired) electrons. The van der Waals surface area contributed by atoms with Crippen LogP contribution in [0.15, 0.2) is 0 Å². The van der Waals surface area contributed by atoms with Crippen molar-refractivity contribution in [3.63, 3.8) is 0 Å². The Morgan fingerprint density at radius 1 is 1.41 bits per heavy atom. The van der Waals surface area contributed by atoms with Crippen LogP contribution in [0.5, 0.6) is 0 Å². The van der Waals surface area contributed by atoms with E-state index in [4.69, 9.17) is 14.6 Å². The number of carboxylic acids is 1. The van der Waals surface area contributed by atoms with Gasteiger partial charge in [-0.25, -0.2) is 4.79 Å². The quantitative estimate of drug-likeness (QED) is 0.644. The van der Waals surface area contributed by atoms with E-state index in [1.807, 2.05) is 0 Å². The molecule has 0 aliphatic rings. The molecule has 0 saturated carbocycles. The van der Waals surface area contributed by atoms with E-state index >= 15 is 0 Å². The van der Waals surface area contributed by atoms with Gasteiger partial charge < -0.3 is 14.6 Å². The summed E-state index contributed by atoms with van der Waals surface area (Å²) in [5, 5.41) is 9.12. The van der Waals surface area contributed by atoms with E-state index in [2.05, 4.69) is 13.8 Å². The molecule has 0 aliphatic heterocycles. The summed E-state index contributed by atoms with van der Waals surface area (Å²) in [6.45, 7) is 6.39. The van der Waals surface area contributed by atoms with Crippen molar-refractivity contribution in [2.24, 2.45) is 5.92 Å². The van der Waals surface area contributed by atoms with Crippen LogP contribution in [0.2, 0.25) is 0 Å². The minimum Gasteiger partial charge on any atom is -0.479 e. The first-order valence-corrected chi connectivity index (χ1v) is 6.36. The summed E-state index contributed by atoms with van der Waals surface area (Å²) in [7, 11) is 1.49. The molecule has 0 rings (SSSR count). The fraction of sp³-hybridized carbons (Fsp3) is 0.923. The molecule has 102 valence electrons. The number of rotatable bonds is 10. The van der Waals surface area contributed by atoms with Gasteiger partial charge in [-0.1, -0.05) is 33.1 Å². The third-order valence-electron chi connectivity index (χ3n) is 3.05. The molecular weight excluding hydrogens is 220 g/mol. The van der Waals surface area contributed by atoms with Crippen LogP contribution < -0.4 is 0 Å². The topological polar surface area (TPSA) is 55.8 Å². The molecule has 0 bridgehead atoms. The number of carboxylic acid groups (broad SMARTS) is 1. The maximum Gasteiger partial charge on any atom is 0.338 e. The highest BCUT2D eigenvalue weighted by Crippen LogP contribution is 2.18. The molecular formula is C13H26O4. The second kappa shape index (κ2) is 8.48. The second-order valence-electron chi connectivity index (χ2n) is 4.70. The normalized spacial score (nSPS) is 16.5. The highest BCUT2D eigenvalue weighted by molar-refractivity contribution is 5.77. The lowest BCUT2D eigenvalue weighted by molar-refractivity contribution is -0.172. The van der Waals surface area contributed by atoms with Crippen LogP contribution in [0.25, 0.3) is 0 Å². The predicted molar refractivity (Wildman–Crippen MR) is 67.2 cm³/mol. The molecule has 2 atom stereocenters. The van der Waals surface area contributed by atoms with Gasteiger partial charge >= 0.3 is 5.97 Å². The van der Waals surface area contributed by atoms with Crippen molar-refractivity contribution in [3.05, 3.63) is 0 Å². The summed E-state index contributed by atoms with van der Waals surface area (Å²) in [6, 6.07) is 0. The van der Waals surface area contributed by atoms with Gasteiger partial charge in [0, 0.05) is 7.11 Å². The van der Waals surface area contributed by atoms with Gasteiger partial charge in [-0.3, -0.25) is 0 Å². The Hall–Kier alpha value is -0.610. The Kier molecular flexibility index (Phi) is 8.17. The van der Waals surface area contributed by atoms with Crippen molar-refractivity contribution in [1.29, 1.82) is 0 Å². The Balaban J connectivity index is 4.22. The lowest BCUT2D eigenvalue weighted by atomic mass is 10.00. The van der Waals surface area contributed by atoms with E-state index in [9.17, 15) is 4.79 Å². The van der Waals surface area contributed by atoms with E-state index in [1.54, 1.807) is 6.92 Å². The highest BCUT2D eigenvalue weighted by Gasteiger charge is 2.34. The number of carbonyl (C=O) groups is 1. The molecule has 0 saturated heterocycles. The van der Waals surface area contributed by atoms with Crippen LogP contribution in [0.3, 0.4) is 0 Å². The summed E-state index contributed by atoms with van der Waals surface area (Å²) in [5.41, 5.74) is -1.23. The lowest BCUT2D eigenvalue weighted by Gasteiger charge is -2.27. The Bertz CT molecular complexity index is 217. The van der Waals surface area contributed by atoms with Crippen molar-refractivity contribution in [2.75, 3.05) is 20.3 Å². The number of methoxy groups -OCH3 is 1. The van der Waals surface area contributed by atoms with Crippen LogP contribution in [-0.4, -0.2) is 37.0 Å². The van der Waals surface area contributed by atoms with Gasteiger partial charge in [0.05, 0.1) is 13.2 Å². The lowest BCUT2D eigenvalue weighted by Crippen LogP contribution is -2.43. The van der Waals surface area contributed by atoms with Crippen LogP contribution in [0, 0.1) is 5.92 Å². The van der Waals surface area contributed by atoms with E-state index < -0.39 is 11.6 Å². The maximum absolute atomic E-state index is 11.1. The molecule has 0 fully saturated rings. The molecule has 1 N–H and O–H groups in total. The number of ether oxygens (including phenoxy) is 2. The van der Waals surface area contributed by atoms with Crippen LogP contribution in [-0.2, 0) is 14.3 Å². The summed E-state index contributed by atoms with van der Waals surface area (Å²) in [6.07, 6.45) is 4.43. The van der Waals surface area contributed by atoms with Crippen LogP contribution >= 0.6 is 0 Å². The van der Waals surface area contributed by atoms with Crippen molar-refractivity contribution >= 4 is 5.97 Å². The molecule has 0 heterocycles. The molecule has 0 aliphatic carbocycles. The van der Waals surface area contributed by atoms with Crippen molar-refractivity contribution in [1.82, 2.24) is 0 Å². The zero-order valence-corrected chi connectivity index (χ0v) is 11.5. The first-order chi connectivity index (χ1) is 8.00. The number of unbranched alkanes of at least 4 members (excludes halogenated alkanes) is 1. The zero-order chi connectivity index (χ0) is 13.3. The number of hydrogen-bond donors (Lipinski definition) is 1.